The summed E-state index contributed by atoms with van der Waals surface area (Å²) in [7, 11) is 0. The predicted octanol–water partition coefficient (Wildman–Crippen LogP) is -0.634. The van der Waals surface area contributed by atoms with E-state index in [2.05, 4.69) is 10.7 Å². The Morgan fingerprint density at radius 3 is 2.91 bits per heavy atom. The molecule has 64 valence electrons. The molecule has 0 saturated carbocycles. The van der Waals surface area contributed by atoms with E-state index in [1.165, 1.54) is 0 Å². The van der Waals surface area contributed by atoms with Gasteiger partial charge >= 0.3 is 0 Å². The summed E-state index contributed by atoms with van der Waals surface area (Å²) >= 11 is 0. The maximum Gasteiger partial charge on any atom is 0.241 e. The summed E-state index contributed by atoms with van der Waals surface area (Å²) in [6.07, 6.45) is 1.75. The third-order valence-corrected chi connectivity index (χ3v) is 2.53. The highest BCUT2D eigenvalue weighted by molar-refractivity contribution is 5.82. The Morgan fingerprint density at radius 2 is 2.55 bits per heavy atom. The summed E-state index contributed by atoms with van der Waals surface area (Å²) in [5.74, 6) is 5.05. The molecule has 0 spiro atoms. The third kappa shape index (κ3) is 1.36. The monoisotopic (exact) mass is 157 g/mol. The normalized spacial score (nSPS) is 30.4. The van der Waals surface area contributed by atoms with Gasteiger partial charge in [0, 0.05) is 6.54 Å². The molecular formula is C7H15N3O. The predicted molar refractivity (Wildman–Crippen MR) is 42.5 cm³/mol. The van der Waals surface area contributed by atoms with Crippen LogP contribution >= 0.6 is 0 Å². The van der Waals surface area contributed by atoms with Gasteiger partial charge in [0.2, 0.25) is 5.91 Å². The molecule has 1 unspecified atom stereocenters. The number of rotatable bonds is 2. The van der Waals surface area contributed by atoms with Gasteiger partial charge in [-0.1, -0.05) is 6.92 Å². The lowest BCUT2D eigenvalue weighted by Gasteiger charge is -2.23. The van der Waals surface area contributed by atoms with Gasteiger partial charge in [-0.15, -0.1) is 0 Å². The minimum atomic E-state index is -0.241. The third-order valence-electron chi connectivity index (χ3n) is 2.53. The maximum atomic E-state index is 11.3. The van der Waals surface area contributed by atoms with E-state index < -0.39 is 0 Å². The van der Waals surface area contributed by atoms with Crippen LogP contribution < -0.4 is 16.6 Å². The highest BCUT2D eigenvalue weighted by atomic mass is 16.2. The quantitative estimate of drug-likeness (QED) is 0.284. The van der Waals surface area contributed by atoms with Crippen molar-refractivity contribution in [3.8, 4) is 0 Å². The van der Waals surface area contributed by atoms with Gasteiger partial charge in [0.05, 0.1) is 5.41 Å². The van der Waals surface area contributed by atoms with Crippen LogP contribution in [0.5, 0.6) is 0 Å². The number of carbonyl (C=O) groups is 1. The molecule has 0 aliphatic carbocycles. The Bertz CT molecular complexity index is 152. The first-order valence-electron chi connectivity index (χ1n) is 3.97. The second-order valence-electron chi connectivity index (χ2n) is 3.03. The number of hydrazine groups is 1. The molecule has 1 aliphatic rings. The molecule has 1 atom stereocenters. The van der Waals surface area contributed by atoms with E-state index in [0.29, 0.717) is 0 Å². The molecule has 0 aromatic carbocycles. The molecular weight excluding hydrogens is 142 g/mol. The van der Waals surface area contributed by atoms with Crippen molar-refractivity contribution in [3.63, 3.8) is 0 Å². The second kappa shape index (κ2) is 3.19. The standard InChI is InChI=1S/C7H15N3O/c1-2-7(6(11)10-8)3-4-9-5-7/h9H,2-5,8H2,1H3,(H,10,11). The Balaban J connectivity index is 2.66. The van der Waals surface area contributed by atoms with Gasteiger partial charge in [-0.3, -0.25) is 10.2 Å². The van der Waals surface area contributed by atoms with Crippen LogP contribution in [0.2, 0.25) is 0 Å². The zero-order chi connectivity index (χ0) is 8.32. The molecule has 0 aromatic rings. The van der Waals surface area contributed by atoms with E-state index in [1.54, 1.807) is 0 Å². The van der Waals surface area contributed by atoms with Crippen LogP contribution in [-0.2, 0) is 4.79 Å². The Hall–Kier alpha value is -0.610. The second-order valence-corrected chi connectivity index (χ2v) is 3.03. The van der Waals surface area contributed by atoms with Gasteiger partial charge in [-0.05, 0) is 19.4 Å². The number of hydrogen-bond donors (Lipinski definition) is 3. The van der Waals surface area contributed by atoms with Crippen LogP contribution in [0, 0.1) is 5.41 Å². The van der Waals surface area contributed by atoms with Gasteiger partial charge in [0.15, 0.2) is 0 Å². The van der Waals surface area contributed by atoms with Gasteiger partial charge < -0.3 is 5.32 Å². The van der Waals surface area contributed by atoms with Crippen LogP contribution in [0.3, 0.4) is 0 Å². The molecule has 1 aliphatic heterocycles. The summed E-state index contributed by atoms with van der Waals surface area (Å²) in [5.41, 5.74) is 1.98. The molecule has 11 heavy (non-hydrogen) atoms. The largest absolute Gasteiger partial charge is 0.316 e. The molecule has 1 heterocycles. The van der Waals surface area contributed by atoms with Crippen LogP contribution in [0.4, 0.5) is 0 Å². The minimum Gasteiger partial charge on any atom is -0.316 e. The maximum absolute atomic E-state index is 11.3. The molecule has 1 fully saturated rings. The van der Waals surface area contributed by atoms with Crippen molar-refractivity contribution in [2.45, 2.75) is 19.8 Å². The summed E-state index contributed by atoms with van der Waals surface area (Å²) in [6, 6.07) is 0. The molecule has 0 radical (unpaired) electrons. The molecule has 0 bridgehead atoms. The lowest BCUT2D eigenvalue weighted by atomic mass is 9.83. The molecule has 4 heteroatoms. The fourth-order valence-electron chi connectivity index (χ4n) is 1.55. The van der Waals surface area contributed by atoms with Crippen molar-refractivity contribution in [2.24, 2.45) is 11.3 Å². The lowest BCUT2D eigenvalue weighted by Crippen LogP contribution is -2.45. The molecule has 1 rings (SSSR count). The van der Waals surface area contributed by atoms with Crippen LogP contribution in [0.25, 0.3) is 0 Å². The van der Waals surface area contributed by atoms with Crippen LogP contribution in [-0.4, -0.2) is 19.0 Å². The first-order chi connectivity index (χ1) is 5.25. The van der Waals surface area contributed by atoms with Gasteiger partial charge in [0.1, 0.15) is 0 Å². The summed E-state index contributed by atoms with van der Waals surface area (Å²) in [6.45, 7) is 3.69. The van der Waals surface area contributed by atoms with Crippen molar-refractivity contribution in [1.82, 2.24) is 10.7 Å². The average Bonchev–Trinajstić information content (AvgIpc) is 2.52. The van der Waals surface area contributed by atoms with E-state index in [-0.39, 0.29) is 11.3 Å². The van der Waals surface area contributed by atoms with Crippen LogP contribution in [0.15, 0.2) is 0 Å². The first-order valence-corrected chi connectivity index (χ1v) is 3.97. The Kier molecular flexibility index (Phi) is 2.46. The fourth-order valence-corrected chi connectivity index (χ4v) is 1.55. The fraction of sp³-hybridized carbons (Fsp3) is 0.857. The van der Waals surface area contributed by atoms with Crippen molar-refractivity contribution in [3.05, 3.63) is 0 Å². The number of amides is 1. The van der Waals surface area contributed by atoms with Gasteiger partial charge in [-0.2, -0.15) is 0 Å². The summed E-state index contributed by atoms with van der Waals surface area (Å²) in [4.78, 5) is 11.3. The van der Waals surface area contributed by atoms with Gasteiger partial charge in [-0.25, -0.2) is 5.84 Å². The topological polar surface area (TPSA) is 67.2 Å². The highest BCUT2D eigenvalue weighted by Gasteiger charge is 2.38. The van der Waals surface area contributed by atoms with E-state index in [0.717, 1.165) is 25.9 Å². The number of nitrogens with one attached hydrogen (secondary N) is 2. The van der Waals surface area contributed by atoms with Crippen molar-refractivity contribution in [1.29, 1.82) is 0 Å². The zero-order valence-corrected chi connectivity index (χ0v) is 6.81. The summed E-state index contributed by atoms with van der Waals surface area (Å²) in [5, 5.41) is 3.16. The lowest BCUT2D eigenvalue weighted by molar-refractivity contribution is -0.130. The molecule has 0 aromatic heterocycles. The molecule has 1 amide bonds. The number of nitrogens with two attached hydrogens (primary N) is 1. The van der Waals surface area contributed by atoms with Crippen molar-refractivity contribution in [2.75, 3.05) is 13.1 Å². The SMILES string of the molecule is CCC1(C(=O)NN)CCNC1. The highest BCUT2D eigenvalue weighted by Crippen LogP contribution is 2.28. The minimum absolute atomic E-state index is 0.0370. The average molecular weight is 157 g/mol. The zero-order valence-electron chi connectivity index (χ0n) is 6.81. The van der Waals surface area contributed by atoms with E-state index in [9.17, 15) is 4.79 Å². The summed E-state index contributed by atoms with van der Waals surface area (Å²) < 4.78 is 0. The van der Waals surface area contributed by atoms with Gasteiger partial charge in [0.25, 0.3) is 0 Å². The smallest absolute Gasteiger partial charge is 0.241 e. The Labute approximate surface area is 66.5 Å². The van der Waals surface area contributed by atoms with E-state index in [1.807, 2.05) is 6.92 Å². The van der Waals surface area contributed by atoms with Crippen molar-refractivity contribution < 1.29 is 4.79 Å². The molecule has 4 N–H and O–H groups in total. The number of carbonyl (C=O) groups excluding carboxylic acids is 1. The molecule has 4 nitrogen and oxygen atoms in total. The first kappa shape index (κ1) is 8.49. The van der Waals surface area contributed by atoms with Crippen molar-refractivity contribution >= 4 is 5.91 Å². The Morgan fingerprint density at radius 1 is 1.82 bits per heavy atom. The number of hydrogen-bond acceptors (Lipinski definition) is 3. The van der Waals surface area contributed by atoms with Crippen LogP contribution in [0.1, 0.15) is 19.8 Å². The van der Waals surface area contributed by atoms with E-state index in [4.69, 9.17) is 5.84 Å². The van der Waals surface area contributed by atoms with E-state index >= 15 is 0 Å². The molecule has 1 saturated heterocycles.